The van der Waals surface area contributed by atoms with Gasteiger partial charge in [-0.3, -0.25) is 4.98 Å². The second-order valence-electron chi connectivity index (χ2n) is 8.94. The molecule has 3 heterocycles. The summed E-state index contributed by atoms with van der Waals surface area (Å²) in [6.07, 6.45) is 8.77. The van der Waals surface area contributed by atoms with Gasteiger partial charge in [-0.1, -0.05) is 26.2 Å². The molecule has 7 heteroatoms. The van der Waals surface area contributed by atoms with E-state index < -0.39 is 0 Å². The number of nitrogens with zero attached hydrogens (tertiary/aromatic N) is 3. The van der Waals surface area contributed by atoms with Gasteiger partial charge in [-0.15, -0.1) is 11.3 Å². The molecule has 2 atom stereocenters. The van der Waals surface area contributed by atoms with Crippen LogP contribution in [-0.2, 0) is 12.8 Å². The number of thiazole rings is 1. The van der Waals surface area contributed by atoms with Crippen LogP contribution in [0.5, 0.6) is 11.5 Å². The van der Waals surface area contributed by atoms with Crippen molar-refractivity contribution in [2.24, 2.45) is 5.92 Å². The summed E-state index contributed by atoms with van der Waals surface area (Å²) in [6.45, 7) is 4.21. The van der Waals surface area contributed by atoms with E-state index in [0.29, 0.717) is 5.92 Å². The number of H-pyrrole nitrogens is 1. The van der Waals surface area contributed by atoms with Crippen molar-refractivity contribution in [3.8, 4) is 23.0 Å². The van der Waals surface area contributed by atoms with Crippen molar-refractivity contribution in [1.29, 1.82) is 0 Å². The van der Waals surface area contributed by atoms with Crippen molar-refractivity contribution in [3.63, 3.8) is 0 Å². The van der Waals surface area contributed by atoms with E-state index in [1.165, 1.54) is 6.42 Å². The maximum absolute atomic E-state index is 10.3. The first-order valence-electron chi connectivity index (χ1n) is 11.9. The second-order valence-corrected chi connectivity index (χ2v) is 10.1. The third-order valence-electron chi connectivity index (χ3n) is 6.39. The second kappa shape index (κ2) is 9.61. The maximum atomic E-state index is 10.3. The topological polar surface area (TPSA) is 83.9 Å². The number of ether oxygens (including phenoxy) is 1. The van der Waals surface area contributed by atoms with Gasteiger partial charge in [-0.05, 0) is 50.3 Å². The molecule has 4 aromatic rings. The normalized spacial score (nSPS) is 18.6. The van der Waals surface area contributed by atoms with Crippen LogP contribution in [0.15, 0.2) is 36.5 Å². The van der Waals surface area contributed by atoms with Crippen LogP contribution in [0.25, 0.3) is 21.7 Å². The number of aromatic amines is 1. The molecule has 1 aliphatic carbocycles. The van der Waals surface area contributed by atoms with Crippen molar-refractivity contribution in [1.82, 2.24) is 19.9 Å². The molecule has 6 nitrogen and oxygen atoms in total. The van der Waals surface area contributed by atoms with E-state index in [-0.39, 0.29) is 6.10 Å². The van der Waals surface area contributed by atoms with Gasteiger partial charge in [0.25, 0.3) is 0 Å². The summed E-state index contributed by atoms with van der Waals surface area (Å²) in [5.41, 5.74) is 3.93. The van der Waals surface area contributed by atoms with Gasteiger partial charge in [0.2, 0.25) is 0 Å². The molecule has 1 aromatic carbocycles. The molecule has 1 saturated carbocycles. The van der Waals surface area contributed by atoms with Crippen molar-refractivity contribution in [3.05, 3.63) is 52.9 Å². The Balaban J connectivity index is 1.33. The van der Waals surface area contributed by atoms with Crippen LogP contribution >= 0.6 is 11.3 Å². The van der Waals surface area contributed by atoms with Gasteiger partial charge >= 0.3 is 0 Å². The number of hydrogen-bond donors (Lipinski definition) is 2. The van der Waals surface area contributed by atoms with E-state index >= 15 is 0 Å². The first kappa shape index (κ1) is 22.0. The molecular weight excluding hydrogens is 432 g/mol. The number of hydrogen-bond acceptors (Lipinski definition) is 6. The van der Waals surface area contributed by atoms with Crippen LogP contribution < -0.4 is 4.74 Å². The number of fused-ring (bicyclic) bond motifs is 1. The minimum Gasteiger partial charge on any atom is -0.457 e. The highest BCUT2D eigenvalue weighted by molar-refractivity contribution is 7.18. The van der Waals surface area contributed by atoms with Crippen LogP contribution in [0.2, 0.25) is 0 Å². The Morgan fingerprint density at radius 1 is 1.12 bits per heavy atom. The summed E-state index contributed by atoms with van der Waals surface area (Å²) in [4.78, 5) is 17.3. The molecular formula is C26H30N4O2S. The van der Waals surface area contributed by atoms with E-state index in [9.17, 15) is 5.11 Å². The molecule has 0 saturated heterocycles. The minimum absolute atomic E-state index is 0.193. The van der Waals surface area contributed by atoms with E-state index in [1.807, 2.05) is 30.3 Å². The standard InChI is InChI=1S/C26H30N4O2S/c1-3-6-20-16(2)28-26(30-20)22-14-19(11-12-27-22)32-18-9-10-21-24(15-18)33-25(29-21)13-17-7-4-5-8-23(17)31/h9-12,14-15,17,23,31H,3-8,13H2,1-2H3,(H,28,30)/t17-,23+/m0/s1. The summed E-state index contributed by atoms with van der Waals surface area (Å²) < 4.78 is 7.27. The Bertz CT molecular complexity index is 1250. The van der Waals surface area contributed by atoms with E-state index in [4.69, 9.17) is 14.7 Å². The zero-order valence-corrected chi connectivity index (χ0v) is 20.0. The molecule has 0 bridgehead atoms. The predicted octanol–water partition coefficient (Wildman–Crippen LogP) is 6.23. The lowest BCUT2D eigenvalue weighted by molar-refractivity contribution is 0.0700. The van der Waals surface area contributed by atoms with Crippen molar-refractivity contribution >= 4 is 21.6 Å². The minimum atomic E-state index is -0.193. The fraction of sp³-hybridized carbons (Fsp3) is 0.423. The quantitative estimate of drug-likeness (QED) is 0.340. The van der Waals surface area contributed by atoms with E-state index in [0.717, 1.165) is 88.2 Å². The molecule has 3 aromatic heterocycles. The van der Waals surface area contributed by atoms with Crippen molar-refractivity contribution in [2.75, 3.05) is 0 Å². The molecule has 0 radical (unpaired) electrons. The lowest BCUT2D eigenvalue weighted by Gasteiger charge is -2.26. The van der Waals surface area contributed by atoms with Crippen molar-refractivity contribution in [2.45, 2.75) is 64.9 Å². The highest BCUT2D eigenvalue weighted by atomic mass is 32.1. The number of aromatic nitrogens is 4. The molecule has 2 N–H and O–H groups in total. The number of nitrogens with one attached hydrogen (secondary N) is 1. The highest BCUT2D eigenvalue weighted by Crippen LogP contribution is 2.33. The molecule has 1 fully saturated rings. The van der Waals surface area contributed by atoms with Gasteiger partial charge < -0.3 is 14.8 Å². The summed E-state index contributed by atoms with van der Waals surface area (Å²) >= 11 is 1.70. The Kier molecular flexibility index (Phi) is 6.42. The zero-order chi connectivity index (χ0) is 22.8. The largest absolute Gasteiger partial charge is 0.457 e. The Labute approximate surface area is 198 Å². The van der Waals surface area contributed by atoms with Gasteiger partial charge in [0.1, 0.15) is 17.2 Å². The number of pyridine rings is 1. The van der Waals surface area contributed by atoms with E-state index in [2.05, 4.69) is 23.8 Å². The van der Waals surface area contributed by atoms with Crippen LogP contribution in [0.3, 0.4) is 0 Å². The summed E-state index contributed by atoms with van der Waals surface area (Å²) in [5, 5.41) is 11.4. The highest BCUT2D eigenvalue weighted by Gasteiger charge is 2.24. The smallest absolute Gasteiger partial charge is 0.156 e. The van der Waals surface area contributed by atoms with Crippen LogP contribution in [-0.4, -0.2) is 31.1 Å². The van der Waals surface area contributed by atoms with E-state index in [1.54, 1.807) is 17.5 Å². The van der Waals surface area contributed by atoms with Crippen LogP contribution in [0.1, 0.15) is 55.4 Å². The number of rotatable bonds is 7. The van der Waals surface area contributed by atoms with Crippen molar-refractivity contribution < 1.29 is 9.84 Å². The molecule has 0 aliphatic heterocycles. The Morgan fingerprint density at radius 2 is 1.97 bits per heavy atom. The lowest BCUT2D eigenvalue weighted by atomic mass is 9.84. The summed E-state index contributed by atoms with van der Waals surface area (Å²) in [7, 11) is 0. The molecule has 1 aliphatic rings. The van der Waals surface area contributed by atoms with Gasteiger partial charge in [0.05, 0.1) is 27.0 Å². The summed E-state index contributed by atoms with van der Waals surface area (Å²) in [6, 6.07) is 9.79. The first-order valence-corrected chi connectivity index (χ1v) is 12.7. The molecule has 0 spiro atoms. The average molecular weight is 463 g/mol. The fourth-order valence-corrected chi connectivity index (χ4v) is 5.68. The Morgan fingerprint density at radius 3 is 2.82 bits per heavy atom. The van der Waals surface area contributed by atoms with Gasteiger partial charge in [-0.25, -0.2) is 9.97 Å². The fourth-order valence-electron chi connectivity index (χ4n) is 4.59. The SMILES string of the molecule is CCCc1nc(-c2cc(Oc3ccc4nc(C[C@@H]5CCCC[C@H]5O)sc4c3)ccn2)[nH]c1C. The third-order valence-corrected chi connectivity index (χ3v) is 7.43. The summed E-state index contributed by atoms with van der Waals surface area (Å²) in [5.74, 6) is 2.59. The number of aliphatic hydroxyl groups is 1. The molecule has 33 heavy (non-hydrogen) atoms. The molecule has 5 rings (SSSR count). The van der Waals surface area contributed by atoms with Gasteiger partial charge in [0, 0.05) is 30.4 Å². The third kappa shape index (κ3) is 4.94. The number of aryl methyl sites for hydroxylation is 2. The van der Waals surface area contributed by atoms with Gasteiger partial charge in [0.15, 0.2) is 5.82 Å². The van der Waals surface area contributed by atoms with Crippen LogP contribution in [0, 0.1) is 12.8 Å². The molecule has 0 unspecified atom stereocenters. The number of aliphatic hydroxyl groups excluding tert-OH is 1. The van der Waals surface area contributed by atoms with Crippen LogP contribution in [0.4, 0.5) is 0 Å². The molecule has 172 valence electrons. The van der Waals surface area contributed by atoms with Gasteiger partial charge in [-0.2, -0.15) is 0 Å². The number of benzene rings is 1. The molecule has 0 amide bonds. The maximum Gasteiger partial charge on any atom is 0.156 e. The average Bonchev–Trinajstić information content (AvgIpc) is 3.38. The lowest BCUT2D eigenvalue weighted by Crippen LogP contribution is -2.26. The Hall–Kier alpha value is -2.77. The zero-order valence-electron chi connectivity index (χ0n) is 19.2. The number of imidazole rings is 1. The first-order chi connectivity index (χ1) is 16.1. The monoisotopic (exact) mass is 462 g/mol. The predicted molar refractivity (Wildman–Crippen MR) is 132 cm³/mol.